The fourth-order valence-corrected chi connectivity index (χ4v) is 2.30. The van der Waals surface area contributed by atoms with Crippen LogP contribution in [0, 0.1) is 6.92 Å². The second-order valence-electron chi connectivity index (χ2n) is 6.01. The Hall–Kier alpha value is -1.94. The Labute approximate surface area is 119 Å². The van der Waals surface area contributed by atoms with Crippen molar-refractivity contribution in [2.24, 2.45) is 5.73 Å². The number of anilines is 1. The van der Waals surface area contributed by atoms with Crippen molar-refractivity contribution in [3.63, 3.8) is 0 Å². The molecule has 0 fully saturated rings. The number of hydrogen-bond donors (Lipinski definition) is 2. The van der Waals surface area contributed by atoms with Crippen molar-refractivity contribution in [3.8, 4) is 0 Å². The molecule has 0 radical (unpaired) electrons. The van der Waals surface area contributed by atoms with Crippen molar-refractivity contribution < 1.29 is 4.79 Å². The maximum absolute atomic E-state index is 11.1. The molecule has 106 valence electrons. The van der Waals surface area contributed by atoms with Gasteiger partial charge in [0.15, 0.2) is 0 Å². The first-order valence-electron chi connectivity index (χ1n) is 6.71. The lowest BCUT2D eigenvalue weighted by molar-refractivity contribution is -0.114. The van der Waals surface area contributed by atoms with Gasteiger partial charge in [-0.15, -0.1) is 0 Å². The van der Waals surface area contributed by atoms with E-state index < -0.39 is 0 Å². The molecule has 0 aliphatic carbocycles. The molecule has 1 heterocycles. The Morgan fingerprint density at radius 3 is 2.65 bits per heavy atom. The topological polar surface area (TPSA) is 68.0 Å². The minimum Gasteiger partial charge on any atom is -0.326 e. The number of nitrogens with one attached hydrogen (secondary N) is 1. The number of aromatic nitrogens is 1. The van der Waals surface area contributed by atoms with Crippen LogP contribution in [0.15, 0.2) is 24.3 Å². The van der Waals surface area contributed by atoms with E-state index in [9.17, 15) is 4.79 Å². The van der Waals surface area contributed by atoms with E-state index in [4.69, 9.17) is 5.73 Å². The van der Waals surface area contributed by atoms with E-state index in [1.165, 1.54) is 6.92 Å². The number of fused-ring (bicyclic) bond motifs is 1. The number of nitrogens with zero attached hydrogens (tertiary/aromatic N) is 1. The number of hydrogen-bond acceptors (Lipinski definition) is 3. The summed E-state index contributed by atoms with van der Waals surface area (Å²) in [6.45, 7) is 7.54. The van der Waals surface area contributed by atoms with E-state index in [1.807, 2.05) is 32.0 Å². The van der Waals surface area contributed by atoms with Gasteiger partial charge in [-0.3, -0.25) is 9.78 Å². The van der Waals surface area contributed by atoms with Crippen molar-refractivity contribution in [1.29, 1.82) is 0 Å². The van der Waals surface area contributed by atoms with Crippen LogP contribution in [-0.4, -0.2) is 16.4 Å². The Kier molecular flexibility index (Phi) is 3.77. The van der Waals surface area contributed by atoms with Gasteiger partial charge in [0.25, 0.3) is 0 Å². The highest BCUT2D eigenvalue weighted by Gasteiger charge is 2.14. The van der Waals surface area contributed by atoms with Gasteiger partial charge in [-0.1, -0.05) is 0 Å². The van der Waals surface area contributed by atoms with Gasteiger partial charge in [0, 0.05) is 35.7 Å². The highest BCUT2D eigenvalue weighted by molar-refractivity contribution is 5.93. The Bertz CT molecular complexity index is 657. The van der Waals surface area contributed by atoms with Crippen LogP contribution in [-0.2, 0) is 11.2 Å². The number of aryl methyl sites for hydroxylation is 1. The third-order valence-corrected chi connectivity index (χ3v) is 3.03. The predicted molar refractivity (Wildman–Crippen MR) is 82.8 cm³/mol. The molecule has 0 atom stereocenters. The second kappa shape index (κ2) is 5.21. The van der Waals surface area contributed by atoms with Gasteiger partial charge in [-0.05, 0) is 50.6 Å². The zero-order valence-electron chi connectivity index (χ0n) is 12.4. The molecule has 0 saturated heterocycles. The zero-order chi connectivity index (χ0) is 14.9. The van der Waals surface area contributed by atoms with Crippen molar-refractivity contribution in [3.05, 3.63) is 35.5 Å². The third-order valence-electron chi connectivity index (χ3n) is 3.03. The van der Waals surface area contributed by atoms with Crippen molar-refractivity contribution in [2.75, 3.05) is 5.32 Å². The normalized spacial score (nSPS) is 11.7. The number of rotatable bonds is 3. The van der Waals surface area contributed by atoms with E-state index in [-0.39, 0.29) is 11.4 Å². The molecule has 0 aliphatic rings. The summed E-state index contributed by atoms with van der Waals surface area (Å²) in [6.07, 6.45) is 0.733. The smallest absolute Gasteiger partial charge is 0.221 e. The van der Waals surface area contributed by atoms with Crippen LogP contribution in [0.1, 0.15) is 32.0 Å². The van der Waals surface area contributed by atoms with Gasteiger partial charge in [0.05, 0.1) is 5.52 Å². The molecule has 20 heavy (non-hydrogen) atoms. The van der Waals surface area contributed by atoms with Crippen LogP contribution in [0.3, 0.4) is 0 Å². The van der Waals surface area contributed by atoms with E-state index in [0.717, 1.165) is 34.3 Å². The summed E-state index contributed by atoms with van der Waals surface area (Å²) >= 11 is 0. The van der Waals surface area contributed by atoms with Gasteiger partial charge in [0.1, 0.15) is 0 Å². The summed E-state index contributed by atoms with van der Waals surface area (Å²) in [5, 5.41) is 3.84. The molecule has 4 heteroatoms. The van der Waals surface area contributed by atoms with E-state index >= 15 is 0 Å². The van der Waals surface area contributed by atoms with Crippen molar-refractivity contribution >= 4 is 22.5 Å². The van der Waals surface area contributed by atoms with Gasteiger partial charge in [0.2, 0.25) is 5.91 Å². The molecular weight excluding hydrogens is 250 g/mol. The Morgan fingerprint density at radius 1 is 1.35 bits per heavy atom. The summed E-state index contributed by atoms with van der Waals surface area (Å²) in [5.41, 5.74) is 9.64. The fourth-order valence-electron chi connectivity index (χ4n) is 2.30. The molecule has 0 aliphatic heterocycles. The van der Waals surface area contributed by atoms with Crippen molar-refractivity contribution in [2.45, 2.75) is 39.7 Å². The molecule has 0 spiro atoms. The largest absolute Gasteiger partial charge is 0.326 e. The highest BCUT2D eigenvalue weighted by atomic mass is 16.1. The Morgan fingerprint density at radius 2 is 2.05 bits per heavy atom. The van der Waals surface area contributed by atoms with E-state index in [1.54, 1.807) is 0 Å². The van der Waals surface area contributed by atoms with Gasteiger partial charge in [-0.25, -0.2) is 0 Å². The van der Waals surface area contributed by atoms with Crippen LogP contribution in [0.5, 0.6) is 0 Å². The molecule has 2 aromatic rings. The zero-order valence-corrected chi connectivity index (χ0v) is 12.4. The summed E-state index contributed by atoms with van der Waals surface area (Å²) < 4.78 is 0. The molecule has 3 N–H and O–H groups in total. The number of carbonyl (C=O) groups is 1. The van der Waals surface area contributed by atoms with Crippen molar-refractivity contribution in [1.82, 2.24) is 4.98 Å². The van der Waals surface area contributed by atoms with Crippen LogP contribution in [0.4, 0.5) is 5.69 Å². The molecule has 0 saturated carbocycles. The highest BCUT2D eigenvalue weighted by Crippen LogP contribution is 2.23. The monoisotopic (exact) mass is 271 g/mol. The van der Waals surface area contributed by atoms with Crippen LogP contribution in [0.25, 0.3) is 10.9 Å². The van der Waals surface area contributed by atoms with Crippen LogP contribution < -0.4 is 11.1 Å². The first-order valence-corrected chi connectivity index (χ1v) is 6.71. The maximum Gasteiger partial charge on any atom is 0.221 e. The molecule has 0 unspecified atom stereocenters. The molecule has 0 bridgehead atoms. The van der Waals surface area contributed by atoms with Crippen LogP contribution >= 0.6 is 0 Å². The molecule has 1 amide bonds. The summed E-state index contributed by atoms with van der Waals surface area (Å²) in [4.78, 5) is 15.8. The predicted octanol–water partition coefficient (Wildman–Crippen LogP) is 2.78. The number of benzene rings is 1. The summed E-state index contributed by atoms with van der Waals surface area (Å²) in [6, 6.07) is 7.82. The molecule has 1 aromatic carbocycles. The Balaban J connectivity index is 2.44. The summed E-state index contributed by atoms with van der Waals surface area (Å²) in [7, 11) is 0. The first-order chi connectivity index (χ1) is 9.24. The lowest BCUT2D eigenvalue weighted by Crippen LogP contribution is -2.34. The molecular formula is C16H21N3O. The number of nitrogens with two attached hydrogens (primary N) is 1. The second-order valence-corrected chi connectivity index (χ2v) is 6.01. The number of carbonyl (C=O) groups excluding carboxylic acids is 1. The minimum absolute atomic E-state index is 0.0727. The quantitative estimate of drug-likeness (QED) is 0.902. The average molecular weight is 271 g/mol. The number of pyridine rings is 1. The number of amides is 1. The average Bonchev–Trinajstić information content (AvgIpc) is 2.27. The fraction of sp³-hybridized carbons (Fsp3) is 0.375. The maximum atomic E-state index is 11.1. The van der Waals surface area contributed by atoms with Gasteiger partial charge >= 0.3 is 0 Å². The van der Waals surface area contributed by atoms with Crippen LogP contribution in [0.2, 0.25) is 0 Å². The third kappa shape index (κ3) is 3.54. The SMILES string of the molecule is CC(=O)Nc1ccc2nc(CC(C)(C)N)cc(C)c2c1. The summed E-state index contributed by atoms with van der Waals surface area (Å²) in [5.74, 6) is -0.0727. The van der Waals surface area contributed by atoms with Gasteiger partial charge in [-0.2, -0.15) is 0 Å². The van der Waals surface area contributed by atoms with Gasteiger partial charge < -0.3 is 11.1 Å². The molecule has 2 rings (SSSR count). The first kappa shape index (κ1) is 14.5. The minimum atomic E-state index is -0.275. The standard InChI is InChI=1S/C16H21N3O/c1-10-7-13(9-16(3,4)17)19-15-6-5-12(8-14(10)15)18-11(2)20/h5-8H,9,17H2,1-4H3,(H,18,20). The lowest BCUT2D eigenvalue weighted by Gasteiger charge is -2.18. The van der Waals surface area contributed by atoms with E-state index in [2.05, 4.69) is 23.3 Å². The van der Waals surface area contributed by atoms with E-state index in [0.29, 0.717) is 0 Å². The lowest BCUT2D eigenvalue weighted by atomic mass is 9.98. The molecule has 4 nitrogen and oxygen atoms in total. The molecule has 1 aromatic heterocycles.